The van der Waals surface area contributed by atoms with Gasteiger partial charge >= 0.3 is 0 Å². The lowest BCUT2D eigenvalue weighted by atomic mass is 9.92. The molecule has 0 bridgehead atoms. The van der Waals surface area contributed by atoms with Gasteiger partial charge in [0.25, 0.3) is 11.7 Å². The van der Waals surface area contributed by atoms with Crippen molar-refractivity contribution < 1.29 is 24.2 Å². The van der Waals surface area contributed by atoms with Gasteiger partial charge in [-0.1, -0.05) is 38.1 Å². The Morgan fingerprint density at radius 3 is 2.22 bits per heavy atom. The minimum atomic E-state index is -0.786. The van der Waals surface area contributed by atoms with Crippen molar-refractivity contribution in [2.75, 3.05) is 18.6 Å². The lowest BCUT2D eigenvalue weighted by molar-refractivity contribution is -0.132. The zero-order valence-corrected chi connectivity index (χ0v) is 21.2. The number of Topliss-reactive ketones (excluding diaryl/α,β-unsaturated/α-hetero) is 1. The predicted octanol–water partition coefficient (Wildman–Crippen LogP) is 6.15. The minimum absolute atomic E-state index is 0.0516. The first-order valence-electron chi connectivity index (χ1n) is 12.1. The Hall–Kier alpha value is -4.06. The first-order valence-corrected chi connectivity index (χ1v) is 12.1. The summed E-state index contributed by atoms with van der Waals surface area (Å²) in [5, 5.41) is 11.4. The number of hydrogen-bond donors (Lipinski definition) is 1. The van der Waals surface area contributed by atoms with Crippen LogP contribution < -0.4 is 14.4 Å². The van der Waals surface area contributed by atoms with Crippen molar-refractivity contribution >= 4 is 23.1 Å². The molecule has 36 heavy (non-hydrogen) atoms. The van der Waals surface area contributed by atoms with E-state index in [0.717, 1.165) is 16.7 Å². The Bertz CT molecular complexity index is 1310. The molecule has 3 aromatic carbocycles. The maximum atomic E-state index is 13.4. The molecule has 0 aliphatic carbocycles. The number of hydrogen-bond acceptors (Lipinski definition) is 5. The number of ether oxygens (including phenoxy) is 2. The first-order chi connectivity index (χ1) is 17.3. The highest BCUT2D eigenvalue weighted by Gasteiger charge is 2.47. The number of aryl methyl sites for hydroxylation is 1. The van der Waals surface area contributed by atoms with Crippen LogP contribution in [-0.4, -0.2) is 30.5 Å². The van der Waals surface area contributed by atoms with Crippen LogP contribution in [0.25, 0.3) is 5.76 Å². The SMILES string of the molecule is CCOc1ccc(N2C(=O)C(=O)/C(=C(\O)c3ccc(OC)c(C)c3)C2c2ccc(C(C)C)cc2)cc1. The lowest BCUT2D eigenvalue weighted by Gasteiger charge is -2.26. The minimum Gasteiger partial charge on any atom is -0.507 e. The van der Waals surface area contributed by atoms with E-state index in [1.807, 2.05) is 38.1 Å². The van der Waals surface area contributed by atoms with E-state index in [-0.39, 0.29) is 11.3 Å². The molecule has 1 aliphatic heterocycles. The normalized spacial score (nSPS) is 17.1. The molecule has 1 heterocycles. The van der Waals surface area contributed by atoms with Crippen LogP contribution in [0.15, 0.2) is 72.3 Å². The van der Waals surface area contributed by atoms with E-state index in [1.165, 1.54) is 4.90 Å². The van der Waals surface area contributed by atoms with Crippen LogP contribution in [0, 0.1) is 6.92 Å². The molecule has 3 aromatic rings. The highest BCUT2D eigenvalue weighted by atomic mass is 16.5. The average Bonchev–Trinajstić information content (AvgIpc) is 3.14. The summed E-state index contributed by atoms with van der Waals surface area (Å²) in [6.07, 6.45) is 0. The van der Waals surface area contributed by atoms with Crippen molar-refractivity contribution in [2.24, 2.45) is 0 Å². The molecule has 1 amide bonds. The number of rotatable bonds is 7. The summed E-state index contributed by atoms with van der Waals surface area (Å²) in [7, 11) is 1.57. The summed E-state index contributed by atoms with van der Waals surface area (Å²) in [4.78, 5) is 28.2. The Morgan fingerprint density at radius 1 is 1.00 bits per heavy atom. The van der Waals surface area contributed by atoms with Crippen molar-refractivity contribution in [1.29, 1.82) is 0 Å². The van der Waals surface area contributed by atoms with E-state index in [1.54, 1.807) is 49.6 Å². The number of aliphatic hydroxyl groups is 1. The van der Waals surface area contributed by atoms with Gasteiger partial charge in [-0.05, 0) is 78.9 Å². The second kappa shape index (κ2) is 10.3. The highest BCUT2D eigenvalue weighted by molar-refractivity contribution is 6.51. The second-order valence-electron chi connectivity index (χ2n) is 9.10. The molecule has 1 N–H and O–H groups in total. The number of ketones is 1. The van der Waals surface area contributed by atoms with Crippen molar-refractivity contribution in [2.45, 2.75) is 39.7 Å². The van der Waals surface area contributed by atoms with Crippen LogP contribution in [0.5, 0.6) is 11.5 Å². The number of methoxy groups -OCH3 is 1. The van der Waals surface area contributed by atoms with Gasteiger partial charge in [0.2, 0.25) is 0 Å². The van der Waals surface area contributed by atoms with E-state index >= 15 is 0 Å². The summed E-state index contributed by atoms with van der Waals surface area (Å²) < 4.78 is 10.9. The third-order valence-electron chi connectivity index (χ3n) is 6.46. The van der Waals surface area contributed by atoms with Crippen LogP contribution >= 0.6 is 0 Å². The molecular weight excluding hydrogens is 454 g/mol. The van der Waals surface area contributed by atoms with E-state index in [9.17, 15) is 14.7 Å². The molecule has 6 nitrogen and oxygen atoms in total. The zero-order chi connectivity index (χ0) is 26.0. The fraction of sp³-hybridized carbons (Fsp3) is 0.267. The molecule has 1 fully saturated rings. The third kappa shape index (κ3) is 4.59. The fourth-order valence-electron chi connectivity index (χ4n) is 4.53. The van der Waals surface area contributed by atoms with Gasteiger partial charge in [-0.2, -0.15) is 0 Å². The van der Waals surface area contributed by atoms with Gasteiger partial charge in [-0.3, -0.25) is 14.5 Å². The van der Waals surface area contributed by atoms with Crippen molar-refractivity contribution in [1.82, 2.24) is 0 Å². The molecule has 4 rings (SSSR count). The Balaban J connectivity index is 1.89. The van der Waals surface area contributed by atoms with Crippen molar-refractivity contribution in [3.8, 4) is 11.5 Å². The van der Waals surface area contributed by atoms with E-state index in [2.05, 4.69) is 13.8 Å². The Labute approximate surface area is 211 Å². The van der Waals surface area contributed by atoms with Crippen LogP contribution in [0.1, 0.15) is 55.0 Å². The van der Waals surface area contributed by atoms with Crippen LogP contribution in [0.2, 0.25) is 0 Å². The average molecular weight is 486 g/mol. The summed E-state index contributed by atoms with van der Waals surface area (Å²) in [5.74, 6) is 0.0348. The molecule has 6 heteroatoms. The van der Waals surface area contributed by atoms with E-state index < -0.39 is 17.7 Å². The Kier molecular flexibility index (Phi) is 7.15. The lowest BCUT2D eigenvalue weighted by Crippen LogP contribution is -2.29. The second-order valence-corrected chi connectivity index (χ2v) is 9.10. The molecular formula is C30H31NO5. The maximum absolute atomic E-state index is 13.4. The van der Waals surface area contributed by atoms with Gasteiger partial charge in [-0.15, -0.1) is 0 Å². The molecule has 0 saturated carbocycles. The first kappa shape index (κ1) is 25.0. The number of anilines is 1. The van der Waals surface area contributed by atoms with Gasteiger partial charge < -0.3 is 14.6 Å². The molecule has 1 atom stereocenters. The van der Waals surface area contributed by atoms with Gasteiger partial charge in [0.1, 0.15) is 17.3 Å². The number of carbonyl (C=O) groups is 2. The van der Waals surface area contributed by atoms with Gasteiger partial charge in [0.15, 0.2) is 0 Å². The summed E-state index contributed by atoms with van der Waals surface area (Å²) in [6, 6.07) is 19.2. The summed E-state index contributed by atoms with van der Waals surface area (Å²) in [6.45, 7) is 8.48. The number of benzene rings is 3. The zero-order valence-electron chi connectivity index (χ0n) is 21.2. The quantitative estimate of drug-likeness (QED) is 0.247. The topological polar surface area (TPSA) is 76.1 Å². The molecule has 1 saturated heterocycles. The van der Waals surface area contributed by atoms with Gasteiger partial charge in [-0.25, -0.2) is 0 Å². The highest BCUT2D eigenvalue weighted by Crippen LogP contribution is 2.43. The molecule has 0 radical (unpaired) electrons. The van der Waals surface area contributed by atoms with Crippen LogP contribution in [0.4, 0.5) is 5.69 Å². The summed E-state index contributed by atoms with van der Waals surface area (Å²) >= 11 is 0. The predicted molar refractivity (Wildman–Crippen MR) is 141 cm³/mol. The largest absolute Gasteiger partial charge is 0.507 e. The molecule has 0 spiro atoms. The fourth-order valence-corrected chi connectivity index (χ4v) is 4.53. The smallest absolute Gasteiger partial charge is 0.300 e. The molecule has 1 unspecified atom stereocenters. The van der Waals surface area contributed by atoms with Crippen molar-refractivity contribution in [3.05, 3.63) is 94.6 Å². The Morgan fingerprint density at radius 2 is 1.67 bits per heavy atom. The van der Waals surface area contributed by atoms with Gasteiger partial charge in [0, 0.05) is 11.3 Å². The monoisotopic (exact) mass is 485 g/mol. The van der Waals surface area contributed by atoms with Gasteiger partial charge in [0.05, 0.1) is 25.3 Å². The number of carbonyl (C=O) groups excluding carboxylic acids is 2. The number of amides is 1. The maximum Gasteiger partial charge on any atom is 0.300 e. The standard InChI is InChI=1S/C30H31NO5/c1-6-36-24-14-12-23(13-15-24)31-27(21-9-7-20(8-10-21)18(2)3)26(29(33)30(31)34)28(32)22-11-16-25(35-5)19(4)17-22/h7-18,27,32H,6H2,1-5H3/b28-26-. The van der Waals surface area contributed by atoms with E-state index in [4.69, 9.17) is 9.47 Å². The van der Waals surface area contributed by atoms with Crippen LogP contribution in [0.3, 0.4) is 0 Å². The summed E-state index contributed by atoms with van der Waals surface area (Å²) in [5.41, 5.74) is 3.72. The third-order valence-corrected chi connectivity index (χ3v) is 6.46. The number of nitrogens with zero attached hydrogens (tertiary/aromatic N) is 1. The number of aliphatic hydroxyl groups excluding tert-OH is 1. The van der Waals surface area contributed by atoms with Crippen molar-refractivity contribution in [3.63, 3.8) is 0 Å². The molecule has 186 valence electrons. The molecule has 0 aromatic heterocycles. The molecule has 1 aliphatic rings. The van der Waals surface area contributed by atoms with E-state index in [0.29, 0.717) is 35.3 Å². The van der Waals surface area contributed by atoms with Crippen LogP contribution in [-0.2, 0) is 9.59 Å².